The van der Waals surface area contributed by atoms with E-state index in [2.05, 4.69) is 46.8 Å². The van der Waals surface area contributed by atoms with Crippen molar-refractivity contribution in [2.24, 2.45) is 0 Å². The maximum absolute atomic E-state index is 13.0. The number of nitrogens with one attached hydrogen (secondary N) is 1. The van der Waals surface area contributed by atoms with Crippen molar-refractivity contribution in [2.75, 3.05) is 18.5 Å². The molecule has 1 N–H and O–H groups in total. The lowest BCUT2D eigenvalue weighted by molar-refractivity contribution is -0.130. The number of hydrogen-bond donors (Lipinski definition) is 1. The Hall–Kier alpha value is -2.02. The van der Waals surface area contributed by atoms with Gasteiger partial charge in [0.05, 0.1) is 6.04 Å². The average molecular weight is 345 g/mol. The SMILES string of the molecule is CCN(CC)C(=O)[C@H]1Sc2nnc(C)n2N[C@@H]1c1ccc(C)cc1. The molecule has 7 heteroatoms. The maximum atomic E-state index is 13.0. The smallest absolute Gasteiger partial charge is 0.238 e. The number of rotatable bonds is 4. The lowest BCUT2D eigenvalue weighted by atomic mass is 10.0. The Balaban J connectivity index is 1.99. The summed E-state index contributed by atoms with van der Waals surface area (Å²) in [6.07, 6.45) is 0. The first-order valence-corrected chi connectivity index (χ1v) is 9.13. The van der Waals surface area contributed by atoms with Gasteiger partial charge in [-0.1, -0.05) is 41.6 Å². The number of nitrogens with zero attached hydrogens (tertiary/aromatic N) is 4. The van der Waals surface area contributed by atoms with E-state index in [1.165, 1.54) is 17.3 Å². The zero-order valence-electron chi connectivity index (χ0n) is 14.5. The molecule has 1 aromatic carbocycles. The maximum Gasteiger partial charge on any atom is 0.238 e. The monoisotopic (exact) mass is 345 g/mol. The fourth-order valence-electron chi connectivity index (χ4n) is 2.89. The van der Waals surface area contributed by atoms with Crippen LogP contribution in [0.2, 0.25) is 0 Å². The van der Waals surface area contributed by atoms with E-state index < -0.39 is 0 Å². The minimum absolute atomic E-state index is 0.120. The number of amides is 1. The number of aromatic nitrogens is 3. The van der Waals surface area contributed by atoms with E-state index in [1.807, 2.05) is 30.3 Å². The third-order valence-electron chi connectivity index (χ3n) is 4.35. The number of carbonyl (C=O) groups is 1. The molecule has 24 heavy (non-hydrogen) atoms. The molecule has 0 aliphatic carbocycles. The van der Waals surface area contributed by atoms with Gasteiger partial charge in [0.15, 0.2) is 0 Å². The Kier molecular flexibility index (Phi) is 4.80. The van der Waals surface area contributed by atoms with E-state index in [0.29, 0.717) is 13.1 Å². The van der Waals surface area contributed by atoms with Crippen molar-refractivity contribution in [3.63, 3.8) is 0 Å². The molecule has 0 spiro atoms. The van der Waals surface area contributed by atoms with Crippen LogP contribution in [0.15, 0.2) is 29.4 Å². The second-order valence-electron chi connectivity index (χ2n) is 5.93. The van der Waals surface area contributed by atoms with Gasteiger partial charge in [-0.15, -0.1) is 10.2 Å². The Morgan fingerprint density at radius 1 is 1.21 bits per heavy atom. The first-order chi connectivity index (χ1) is 11.5. The van der Waals surface area contributed by atoms with Gasteiger partial charge in [-0.2, -0.15) is 0 Å². The van der Waals surface area contributed by atoms with Gasteiger partial charge in [0.25, 0.3) is 0 Å². The largest absolute Gasteiger partial charge is 0.342 e. The molecule has 1 aromatic heterocycles. The summed E-state index contributed by atoms with van der Waals surface area (Å²) in [7, 11) is 0. The molecule has 6 nitrogen and oxygen atoms in total. The molecule has 2 heterocycles. The summed E-state index contributed by atoms with van der Waals surface area (Å²) >= 11 is 1.49. The van der Waals surface area contributed by atoms with Crippen LogP contribution in [-0.4, -0.2) is 44.0 Å². The van der Waals surface area contributed by atoms with Crippen LogP contribution in [-0.2, 0) is 4.79 Å². The standard InChI is InChI=1S/C17H23N5OS/c1-5-21(6-2)16(23)15-14(13-9-7-11(3)8-10-13)20-22-12(4)18-19-17(22)24-15/h7-10,14-15,20H,5-6H2,1-4H3/t14-,15+/m1/s1. The number of thioether (sulfide) groups is 1. The summed E-state index contributed by atoms with van der Waals surface area (Å²) in [4.78, 5) is 14.9. The van der Waals surface area contributed by atoms with Gasteiger partial charge >= 0.3 is 0 Å². The molecule has 0 saturated carbocycles. The van der Waals surface area contributed by atoms with Crippen molar-refractivity contribution in [3.8, 4) is 0 Å². The fraction of sp³-hybridized carbons (Fsp3) is 0.471. The lowest BCUT2D eigenvalue weighted by Gasteiger charge is -2.35. The molecule has 1 aliphatic rings. The number of aryl methyl sites for hydroxylation is 2. The minimum Gasteiger partial charge on any atom is -0.342 e. The molecule has 0 fully saturated rings. The molecule has 1 amide bonds. The molecule has 2 aromatic rings. The van der Waals surface area contributed by atoms with Crippen LogP contribution in [0, 0.1) is 13.8 Å². The number of benzene rings is 1. The second-order valence-corrected chi connectivity index (χ2v) is 7.04. The fourth-order valence-corrected chi connectivity index (χ4v) is 4.10. The molecule has 2 atom stereocenters. The molecule has 0 saturated heterocycles. The van der Waals surface area contributed by atoms with E-state index >= 15 is 0 Å². The number of carbonyl (C=O) groups excluding carboxylic acids is 1. The third kappa shape index (κ3) is 3.00. The Morgan fingerprint density at radius 2 is 1.88 bits per heavy atom. The summed E-state index contributed by atoms with van der Waals surface area (Å²) in [5.74, 6) is 0.929. The number of hydrogen-bond acceptors (Lipinski definition) is 5. The first-order valence-electron chi connectivity index (χ1n) is 8.25. The van der Waals surface area contributed by atoms with E-state index in [-0.39, 0.29) is 17.2 Å². The molecule has 128 valence electrons. The Bertz CT molecular complexity index is 723. The summed E-state index contributed by atoms with van der Waals surface area (Å²) in [6, 6.07) is 8.21. The molecular weight excluding hydrogens is 322 g/mol. The van der Waals surface area contributed by atoms with Gasteiger partial charge in [0.2, 0.25) is 11.1 Å². The predicted octanol–water partition coefficient (Wildman–Crippen LogP) is 2.52. The van der Waals surface area contributed by atoms with Gasteiger partial charge in [0, 0.05) is 13.1 Å². The van der Waals surface area contributed by atoms with Crippen molar-refractivity contribution < 1.29 is 4.79 Å². The highest BCUT2D eigenvalue weighted by atomic mass is 32.2. The molecule has 0 radical (unpaired) electrons. The summed E-state index contributed by atoms with van der Waals surface area (Å²) in [6.45, 7) is 9.40. The van der Waals surface area contributed by atoms with Crippen LogP contribution in [0.1, 0.15) is 36.8 Å². The third-order valence-corrected chi connectivity index (χ3v) is 5.56. The van der Waals surface area contributed by atoms with Crippen LogP contribution in [0.5, 0.6) is 0 Å². The van der Waals surface area contributed by atoms with Crippen molar-refractivity contribution >= 4 is 17.7 Å². The van der Waals surface area contributed by atoms with Crippen molar-refractivity contribution in [2.45, 2.75) is 44.1 Å². The van der Waals surface area contributed by atoms with Crippen LogP contribution >= 0.6 is 11.8 Å². The predicted molar refractivity (Wildman–Crippen MR) is 95.6 cm³/mol. The summed E-state index contributed by atoms with van der Waals surface area (Å²) < 4.78 is 1.88. The van der Waals surface area contributed by atoms with E-state index in [0.717, 1.165) is 16.5 Å². The zero-order valence-corrected chi connectivity index (χ0v) is 15.3. The highest BCUT2D eigenvalue weighted by Crippen LogP contribution is 2.37. The quantitative estimate of drug-likeness (QED) is 0.922. The van der Waals surface area contributed by atoms with Crippen LogP contribution in [0.4, 0.5) is 0 Å². The van der Waals surface area contributed by atoms with Crippen molar-refractivity contribution in [1.29, 1.82) is 0 Å². The first kappa shape index (κ1) is 16.8. The zero-order chi connectivity index (χ0) is 17.3. The van der Waals surface area contributed by atoms with Gasteiger partial charge in [-0.05, 0) is 33.3 Å². The van der Waals surface area contributed by atoms with Crippen molar-refractivity contribution in [1.82, 2.24) is 19.8 Å². The highest BCUT2D eigenvalue weighted by Gasteiger charge is 2.38. The molecule has 3 rings (SSSR count). The Labute approximate surface area is 146 Å². The minimum atomic E-state index is -0.260. The molecule has 0 unspecified atom stereocenters. The normalized spacial score (nSPS) is 19.5. The molecule has 1 aliphatic heterocycles. The summed E-state index contributed by atoms with van der Waals surface area (Å²) in [5.41, 5.74) is 5.74. The Morgan fingerprint density at radius 3 is 2.50 bits per heavy atom. The topological polar surface area (TPSA) is 63.1 Å². The molecular formula is C17H23N5OS. The van der Waals surface area contributed by atoms with Crippen LogP contribution < -0.4 is 5.43 Å². The van der Waals surface area contributed by atoms with Crippen molar-refractivity contribution in [3.05, 3.63) is 41.2 Å². The summed E-state index contributed by atoms with van der Waals surface area (Å²) in [5, 5.41) is 8.79. The van der Waals surface area contributed by atoms with E-state index in [9.17, 15) is 4.79 Å². The number of fused-ring (bicyclic) bond motifs is 1. The second kappa shape index (κ2) is 6.84. The van der Waals surface area contributed by atoms with Gasteiger partial charge in [-0.25, -0.2) is 4.68 Å². The van der Waals surface area contributed by atoms with Gasteiger partial charge in [0.1, 0.15) is 11.1 Å². The lowest BCUT2D eigenvalue weighted by Crippen LogP contribution is -2.46. The van der Waals surface area contributed by atoms with Crippen LogP contribution in [0.3, 0.4) is 0 Å². The van der Waals surface area contributed by atoms with Gasteiger partial charge in [-0.3, -0.25) is 4.79 Å². The highest BCUT2D eigenvalue weighted by molar-refractivity contribution is 8.00. The van der Waals surface area contributed by atoms with Crippen LogP contribution in [0.25, 0.3) is 0 Å². The average Bonchev–Trinajstić information content (AvgIpc) is 2.96. The van der Waals surface area contributed by atoms with E-state index in [1.54, 1.807) is 0 Å². The van der Waals surface area contributed by atoms with E-state index in [4.69, 9.17) is 0 Å². The van der Waals surface area contributed by atoms with Gasteiger partial charge < -0.3 is 10.3 Å². The molecule has 0 bridgehead atoms.